The van der Waals surface area contributed by atoms with Crippen molar-refractivity contribution in [1.82, 2.24) is 24.6 Å². The minimum absolute atomic E-state index is 0.106. The molecule has 2 N–H and O–H groups in total. The van der Waals surface area contributed by atoms with Crippen molar-refractivity contribution in [2.45, 2.75) is 32.0 Å². The normalized spacial score (nSPS) is 21.3. The largest absolute Gasteiger partial charge is 0.389 e. The first kappa shape index (κ1) is 23.0. The summed E-state index contributed by atoms with van der Waals surface area (Å²) in [7, 11) is 0. The fraction of sp³-hybridized carbons (Fsp3) is 0.458. The van der Waals surface area contributed by atoms with E-state index in [4.69, 9.17) is 21.3 Å². The average molecular weight is 484 g/mol. The van der Waals surface area contributed by atoms with Gasteiger partial charge in [0.25, 0.3) is 0 Å². The molecule has 0 spiro atoms. The van der Waals surface area contributed by atoms with Gasteiger partial charge in [0, 0.05) is 50.0 Å². The third kappa shape index (κ3) is 4.61. The summed E-state index contributed by atoms with van der Waals surface area (Å²) >= 11 is 6.46. The number of aromatic nitrogens is 4. The van der Waals surface area contributed by atoms with Crippen molar-refractivity contribution in [2.75, 3.05) is 49.6 Å². The molecule has 1 aromatic carbocycles. The van der Waals surface area contributed by atoms with Gasteiger partial charge in [0.1, 0.15) is 0 Å². The molecule has 0 amide bonds. The van der Waals surface area contributed by atoms with Gasteiger partial charge in [-0.1, -0.05) is 17.7 Å². The predicted octanol–water partition coefficient (Wildman–Crippen LogP) is 2.99. The first-order chi connectivity index (χ1) is 16.5. The molecule has 2 aliphatic rings. The van der Waals surface area contributed by atoms with Crippen LogP contribution in [0.3, 0.4) is 0 Å². The number of hydrogen-bond donors (Lipinski definition) is 2. The standard InChI is InChI=1S/C24H30ClN7O2/c1-3-4-5-32-23(25)19(13-27-32)29-24-26-12-17-10-16(2)20(11-18(17)28-24)30-6-8-31(9-7-30)21-14-34-15-22(21)33/h3,10-13,21-22,33H,1,4-9,14-15H2,2H3,(H,26,28,29). The maximum Gasteiger partial charge on any atom is 0.227 e. The van der Waals surface area contributed by atoms with Crippen LogP contribution in [0.15, 0.2) is 37.2 Å². The Morgan fingerprint density at radius 1 is 1.24 bits per heavy atom. The van der Waals surface area contributed by atoms with E-state index in [0.717, 1.165) is 43.5 Å². The quantitative estimate of drug-likeness (QED) is 0.495. The Labute approximate surface area is 204 Å². The number of nitrogens with zero attached hydrogens (tertiary/aromatic N) is 6. The highest BCUT2D eigenvalue weighted by molar-refractivity contribution is 6.32. The van der Waals surface area contributed by atoms with Crippen molar-refractivity contribution in [3.63, 3.8) is 0 Å². The van der Waals surface area contributed by atoms with Crippen LogP contribution in [-0.2, 0) is 11.3 Å². The van der Waals surface area contributed by atoms with E-state index in [2.05, 4.69) is 50.8 Å². The van der Waals surface area contributed by atoms with E-state index < -0.39 is 0 Å². The Morgan fingerprint density at radius 3 is 2.79 bits per heavy atom. The van der Waals surface area contributed by atoms with Gasteiger partial charge in [-0.25, -0.2) is 9.97 Å². The summed E-state index contributed by atoms with van der Waals surface area (Å²) < 4.78 is 7.16. The number of benzene rings is 1. The molecular weight excluding hydrogens is 454 g/mol. The van der Waals surface area contributed by atoms with Gasteiger partial charge < -0.3 is 20.1 Å². The van der Waals surface area contributed by atoms with Crippen LogP contribution >= 0.6 is 11.6 Å². The summed E-state index contributed by atoms with van der Waals surface area (Å²) in [4.78, 5) is 13.9. The highest BCUT2D eigenvalue weighted by Gasteiger charge is 2.33. The summed E-state index contributed by atoms with van der Waals surface area (Å²) in [6.45, 7) is 11.2. The van der Waals surface area contributed by atoms with Crippen LogP contribution in [0.1, 0.15) is 12.0 Å². The van der Waals surface area contributed by atoms with Crippen LogP contribution in [0.4, 0.5) is 17.3 Å². The number of hydrogen-bond acceptors (Lipinski definition) is 8. The number of allylic oxidation sites excluding steroid dienone is 1. The third-order valence-corrected chi connectivity index (χ3v) is 7.01. The Kier molecular flexibility index (Phi) is 6.69. The molecule has 4 heterocycles. The second-order valence-electron chi connectivity index (χ2n) is 8.86. The summed E-state index contributed by atoms with van der Waals surface area (Å²) in [5.41, 5.74) is 3.92. The van der Waals surface area contributed by atoms with E-state index in [0.29, 0.717) is 36.5 Å². The zero-order chi connectivity index (χ0) is 23.7. The molecular formula is C24H30ClN7O2. The van der Waals surface area contributed by atoms with Crippen molar-refractivity contribution < 1.29 is 9.84 Å². The summed E-state index contributed by atoms with van der Waals surface area (Å²) in [6, 6.07) is 4.38. The summed E-state index contributed by atoms with van der Waals surface area (Å²) in [6.07, 6.45) is 5.75. The van der Waals surface area contributed by atoms with E-state index in [1.54, 1.807) is 10.9 Å². The lowest BCUT2D eigenvalue weighted by atomic mass is 10.1. The predicted molar refractivity (Wildman–Crippen MR) is 134 cm³/mol. The number of halogens is 1. The molecule has 0 saturated carbocycles. The zero-order valence-electron chi connectivity index (χ0n) is 19.3. The number of aliphatic hydroxyl groups excluding tert-OH is 1. The number of ether oxygens (including phenoxy) is 1. The van der Waals surface area contributed by atoms with Crippen LogP contribution in [0, 0.1) is 6.92 Å². The van der Waals surface area contributed by atoms with E-state index in [9.17, 15) is 5.11 Å². The Morgan fingerprint density at radius 2 is 2.06 bits per heavy atom. The number of rotatable bonds is 7. The molecule has 34 heavy (non-hydrogen) atoms. The van der Waals surface area contributed by atoms with Crippen molar-refractivity contribution in [3.05, 3.63) is 47.9 Å². The number of aryl methyl sites for hydroxylation is 2. The number of fused-ring (bicyclic) bond motifs is 1. The number of piperazine rings is 1. The fourth-order valence-corrected chi connectivity index (χ4v) is 4.93. The molecule has 2 aliphatic heterocycles. The summed E-state index contributed by atoms with van der Waals surface area (Å²) in [5.74, 6) is 0.479. The number of nitrogens with one attached hydrogen (secondary N) is 1. The lowest BCUT2D eigenvalue weighted by Gasteiger charge is -2.40. The van der Waals surface area contributed by atoms with Crippen LogP contribution in [0.5, 0.6) is 0 Å². The fourth-order valence-electron chi connectivity index (χ4n) is 4.70. The zero-order valence-corrected chi connectivity index (χ0v) is 20.1. The lowest BCUT2D eigenvalue weighted by Crippen LogP contribution is -2.53. The first-order valence-electron chi connectivity index (χ1n) is 11.6. The van der Waals surface area contributed by atoms with Crippen LogP contribution < -0.4 is 10.2 Å². The van der Waals surface area contributed by atoms with Gasteiger partial charge in [0.15, 0.2) is 5.15 Å². The topological polar surface area (TPSA) is 91.6 Å². The van der Waals surface area contributed by atoms with Crippen molar-refractivity contribution in [2.24, 2.45) is 0 Å². The highest BCUT2D eigenvalue weighted by Crippen LogP contribution is 2.29. The van der Waals surface area contributed by atoms with Gasteiger partial charge in [-0.3, -0.25) is 9.58 Å². The minimum Gasteiger partial charge on any atom is -0.389 e. The second kappa shape index (κ2) is 9.87. The van der Waals surface area contributed by atoms with Crippen LogP contribution in [0.2, 0.25) is 5.15 Å². The smallest absolute Gasteiger partial charge is 0.227 e. The van der Waals surface area contributed by atoms with Gasteiger partial charge in [-0.2, -0.15) is 5.10 Å². The number of anilines is 3. The van der Waals surface area contributed by atoms with Gasteiger partial charge in [0.05, 0.1) is 42.8 Å². The highest BCUT2D eigenvalue weighted by atomic mass is 35.5. The Hall–Kier alpha value is -2.72. The van der Waals surface area contributed by atoms with E-state index >= 15 is 0 Å². The molecule has 2 aromatic heterocycles. The Bertz CT molecular complexity index is 1180. The Balaban J connectivity index is 1.32. The van der Waals surface area contributed by atoms with Crippen molar-refractivity contribution in [1.29, 1.82) is 0 Å². The number of aliphatic hydroxyl groups is 1. The third-order valence-electron chi connectivity index (χ3n) is 6.61. The van der Waals surface area contributed by atoms with Gasteiger partial charge >= 0.3 is 0 Å². The molecule has 10 heteroatoms. The van der Waals surface area contributed by atoms with Crippen LogP contribution in [0.25, 0.3) is 10.9 Å². The lowest BCUT2D eigenvalue weighted by molar-refractivity contribution is 0.0785. The molecule has 0 aliphatic carbocycles. The molecule has 2 fully saturated rings. The second-order valence-corrected chi connectivity index (χ2v) is 9.22. The van der Waals surface area contributed by atoms with E-state index in [1.807, 2.05) is 12.3 Å². The molecule has 2 saturated heterocycles. The monoisotopic (exact) mass is 483 g/mol. The molecule has 3 aromatic rings. The molecule has 5 rings (SSSR count). The molecule has 9 nitrogen and oxygen atoms in total. The molecule has 2 unspecified atom stereocenters. The molecule has 0 radical (unpaired) electrons. The van der Waals surface area contributed by atoms with Crippen LogP contribution in [-0.4, -0.2) is 81.3 Å². The first-order valence-corrected chi connectivity index (χ1v) is 12.0. The van der Waals surface area contributed by atoms with Crippen molar-refractivity contribution in [3.8, 4) is 0 Å². The SMILES string of the molecule is C=CCCn1ncc(Nc2ncc3cc(C)c(N4CCN(C5COCC5O)CC4)cc3n2)c1Cl. The molecule has 2 atom stereocenters. The minimum atomic E-state index is -0.390. The summed E-state index contributed by atoms with van der Waals surface area (Å²) in [5, 5.41) is 19.2. The van der Waals surface area contributed by atoms with E-state index in [-0.39, 0.29) is 12.1 Å². The maximum absolute atomic E-state index is 10.2. The molecule has 180 valence electrons. The molecule has 0 bridgehead atoms. The van der Waals surface area contributed by atoms with Gasteiger partial charge in [-0.05, 0) is 31.0 Å². The van der Waals surface area contributed by atoms with Gasteiger partial charge in [0.2, 0.25) is 5.95 Å². The van der Waals surface area contributed by atoms with Crippen molar-refractivity contribution >= 4 is 39.8 Å². The maximum atomic E-state index is 10.2. The van der Waals surface area contributed by atoms with E-state index in [1.165, 1.54) is 11.3 Å². The van der Waals surface area contributed by atoms with Gasteiger partial charge in [-0.15, -0.1) is 6.58 Å². The average Bonchev–Trinajstić information content (AvgIpc) is 3.43.